The molecule has 0 unspecified atom stereocenters. The molecule has 11 nitrogen and oxygen atoms in total. The monoisotopic (exact) mass is 577 g/mol. The lowest BCUT2D eigenvalue weighted by molar-refractivity contribution is -0.148. The Morgan fingerprint density at radius 3 is 1.76 bits per heavy atom. The van der Waals surface area contributed by atoms with E-state index >= 15 is 0 Å². The summed E-state index contributed by atoms with van der Waals surface area (Å²) in [6.07, 6.45) is -2.03. The van der Waals surface area contributed by atoms with Crippen molar-refractivity contribution in [2.24, 2.45) is 0 Å². The molecule has 0 fully saturated rings. The summed E-state index contributed by atoms with van der Waals surface area (Å²) in [4.78, 5) is 51.8. The highest BCUT2D eigenvalue weighted by Gasteiger charge is 2.32. The van der Waals surface area contributed by atoms with Crippen LogP contribution in [0.2, 0.25) is 0 Å². The maximum absolute atomic E-state index is 13.6. The van der Waals surface area contributed by atoms with Gasteiger partial charge in [-0.15, -0.1) is 0 Å². The number of phenols is 1. The highest BCUT2D eigenvalue weighted by atomic mass is 16.5. The van der Waals surface area contributed by atoms with Gasteiger partial charge in [0.05, 0.1) is 13.2 Å². The van der Waals surface area contributed by atoms with Crippen molar-refractivity contribution < 1.29 is 38.9 Å². The summed E-state index contributed by atoms with van der Waals surface area (Å²) in [7, 11) is 1.12. The van der Waals surface area contributed by atoms with E-state index in [1.807, 2.05) is 24.3 Å². The molecule has 0 aliphatic carbocycles. The first-order valence-electron chi connectivity index (χ1n) is 13.3. The van der Waals surface area contributed by atoms with E-state index in [-0.39, 0.29) is 25.2 Å². The van der Waals surface area contributed by atoms with Crippen LogP contribution >= 0.6 is 0 Å². The molecular weight excluding hydrogens is 542 g/mol. The standard InChI is InChI=1S/C31H35N3O8/c1-20(35)27(30(39)41-2)34-29(38)25(18-22-13-15-24(36)16-14-22)32-28(37)26(17-21-9-5-3-6-10-21)33-31(40)42-19-23-11-7-4-8-12-23/h3-16,20,25-27,35-36H,17-19H2,1-2H3,(H,32,37)(H,33,40)(H,34,38)/t20-,25+,26+,27-/m1/s1. The number of phenolic OH excluding ortho intramolecular Hbond substituents is 1. The lowest BCUT2D eigenvalue weighted by atomic mass is 10.0. The molecule has 0 heterocycles. The van der Waals surface area contributed by atoms with Crippen LogP contribution in [0.4, 0.5) is 4.79 Å². The van der Waals surface area contributed by atoms with Gasteiger partial charge in [-0.3, -0.25) is 9.59 Å². The number of rotatable bonds is 13. The average molecular weight is 578 g/mol. The molecule has 0 aliphatic rings. The van der Waals surface area contributed by atoms with Crippen LogP contribution in [0.15, 0.2) is 84.9 Å². The summed E-state index contributed by atoms with van der Waals surface area (Å²) in [6, 6.07) is 20.3. The number of carbonyl (C=O) groups excluding carboxylic acids is 4. The predicted octanol–water partition coefficient (Wildman–Crippen LogP) is 2.00. The van der Waals surface area contributed by atoms with Gasteiger partial charge in [-0.2, -0.15) is 0 Å². The van der Waals surface area contributed by atoms with Gasteiger partial charge in [0.25, 0.3) is 0 Å². The summed E-state index contributed by atoms with van der Waals surface area (Å²) >= 11 is 0. The lowest BCUT2D eigenvalue weighted by Crippen LogP contribution is -2.58. The fourth-order valence-electron chi connectivity index (χ4n) is 4.07. The minimum Gasteiger partial charge on any atom is -0.508 e. The topological polar surface area (TPSA) is 163 Å². The number of carbonyl (C=O) groups is 4. The maximum atomic E-state index is 13.6. The number of benzene rings is 3. The zero-order chi connectivity index (χ0) is 30.5. The fraction of sp³-hybridized carbons (Fsp3) is 0.290. The highest BCUT2D eigenvalue weighted by molar-refractivity contribution is 5.93. The molecule has 0 radical (unpaired) electrons. The quantitative estimate of drug-likeness (QED) is 0.193. The molecule has 0 spiro atoms. The summed E-state index contributed by atoms with van der Waals surface area (Å²) < 4.78 is 9.99. The van der Waals surface area contributed by atoms with Crippen molar-refractivity contribution in [1.29, 1.82) is 0 Å². The molecule has 3 amide bonds. The van der Waals surface area contributed by atoms with Crippen LogP contribution in [0.5, 0.6) is 5.75 Å². The Hall–Kier alpha value is -4.90. The van der Waals surface area contributed by atoms with Gasteiger partial charge < -0.3 is 35.6 Å². The minimum absolute atomic E-state index is 0.00745. The highest BCUT2D eigenvalue weighted by Crippen LogP contribution is 2.13. The number of methoxy groups -OCH3 is 1. The third-order valence-electron chi connectivity index (χ3n) is 6.35. The normalized spacial score (nSPS) is 13.5. The van der Waals surface area contributed by atoms with Crippen LogP contribution in [-0.4, -0.2) is 65.4 Å². The second-order valence-corrected chi connectivity index (χ2v) is 9.63. The number of aliphatic hydroxyl groups excluding tert-OH is 1. The van der Waals surface area contributed by atoms with Crippen LogP contribution in [0.25, 0.3) is 0 Å². The van der Waals surface area contributed by atoms with Crippen molar-refractivity contribution in [2.45, 2.75) is 50.6 Å². The SMILES string of the molecule is COC(=O)[C@H](NC(=O)[C@H](Cc1ccc(O)cc1)NC(=O)[C@H](Cc1ccccc1)NC(=O)OCc1ccccc1)[C@@H](C)O. The van der Waals surface area contributed by atoms with Gasteiger partial charge in [0.1, 0.15) is 24.4 Å². The van der Waals surface area contributed by atoms with Crippen molar-refractivity contribution in [3.05, 3.63) is 102 Å². The van der Waals surface area contributed by atoms with Gasteiger partial charge >= 0.3 is 12.1 Å². The first kappa shape index (κ1) is 31.6. The minimum atomic E-state index is -1.38. The number of hydrogen-bond acceptors (Lipinski definition) is 8. The molecule has 0 saturated carbocycles. The number of amides is 3. The first-order valence-corrected chi connectivity index (χ1v) is 13.3. The molecule has 3 rings (SSSR count). The van der Waals surface area contributed by atoms with E-state index in [2.05, 4.69) is 20.7 Å². The van der Waals surface area contributed by atoms with E-state index in [0.29, 0.717) is 5.56 Å². The Kier molecular flexibility index (Phi) is 11.9. The van der Waals surface area contributed by atoms with E-state index in [1.165, 1.54) is 19.1 Å². The average Bonchev–Trinajstić information content (AvgIpc) is 2.99. The molecule has 0 bridgehead atoms. The third kappa shape index (κ3) is 9.93. The summed E-state index contributed by atoms with van der Waals surface area (Å²) in [5.41, 5.74) is 2.11. The van der Waals surface area contributed by atoms with Crippen molar-refractivity contribution in [3.63, 3.8) is 0 Å². The number of hydrogen-bond donors (Lipinski definition) is 5. The van der Waals surface area contributed by atoms with Crippen molar-refractivity contribution in [2.75, 3.05) is 7.11 Å². The Morgan fingerprint density at radius 1 is 0.714 bits per heavy atom. The van der Waals surface area contributed by atoms with Gasteiger partial charge in [-0.05, 0) is 35.7 Å². The van der Waals surface area contributed by atoms with E-state index in [0.717, 1.165) is 18.2 Å². The smallest absolute Gasteiger partial charge is 0.408 e. The Balaban J connectivity index is 1.81. The van der Waals surface area contributed by atoms with E-state index in [1.54, 1.807) is 48.5 Å². The molecular formula is C31H35N3O8. The number of alkyl carbamates (subject to hydrolysis) is 1. The van der Waals surface area contributed by atoms with Crippen molar-refractivity contribution in [3.8, 4) is 5.75 Å². The van der Waals surface area contributed by atoms with Gasteiger partial charge in [-0.25, -0.2) is 9.59 Å². The van der Waals surface area contributed by atoms with Gasteiger partial charge in [-0.1, -0.05) is 72.8 Å². The summed E-state index contributed by atoms with van der Waals surface area (Å²) in [5, 5.41) is 27.4. The fourth-order valence-corrected chi connectivity index (χ4v) is 4.07. The van der Waals surface area contributed by atoms with Crippen LogP contribution in [0.3, 0.4) is 0 Å². The largest absolute Gasteiger partial charge is 0.508 e. The number of esters is 1. The molecule has 5 N–H and O–H groups in total. The zero-order valence-corrected chi connectivity index (χ0v) is 23.4. The molecule has 11 heteroatoms. The zero-order valence-electron chi connectivity index (χ0n) is 23.4. The molecule has 42 heavy (non-hydrogen) atoms. The van der Waals surface area contributed by atoms with Crippen LogP contribution in [-0.2, 0) is 43.3 Å². The van der Waals surface area contributed by atoms with E-state index in [4.69, 9.17) is 4.74 Å². The van der Waals surface area contributed by atoms with Crippen LogP contribution < -0.4 is 16.0 Å². The molecule has 4 atom stereocenters. The molecule has 0 saturated heterocycles. The molecule has 3 aromatic rings. The predicted molar refractivity (Wildman–Crippen MR) is 153 cm³/mol. The number of aliphatic hydroxyl groups is 1. The maximum Gasteiger partial charge on any atom is 0.408 e. The number of aromatic hydroxyl groups is 1. The summed E-state index contributed by atoms with van der Waals surface area (Å²) in [5.74, 6) is -2.29. The molecule has 222 valence electrons. The lowest BCUT2D eigenvalue weighted by Gasteiger charge is -2.26. The van der Waals surface area contributed by atoms with Crippen molar-refractivity contribution >= 4 is 23.9 Å². The second-order valence-electron chi connectivity index (χ2n) is 9.63. The molecule has 0 aromatic heterocycles. The summed E-state index contributed by atoms with van der Waals surface area (Å²) in [6.45, 7) is 1.31. The van der Waals surface area contributed by atoms with Crippen LogP contribution in [0.1, 0.15) is 23.6 Å². The van der Waals surface area contributed by atoms with Gasteiger partial charge in [0, 0.05) is 12.8 Å². The Labute approximate surface area is 243 Å². The van der Waals surface area contributed by atoms with Gasteiger partial charge in [0.15, 0.2) is 6.04 Å². The number of ether oxygens (including phenoxy) is 2. The molecule has 3 aromatic carbocycles. The van der Waals surface area contributed by atoms with E-state index in [9.17, 15) is 29.4 Å². The Morgan fingerprint density at radius 2 is 1.21 bits per heavy atom. The first-order chi connectivity index (χ1) is 20.2. The third-order valence-corrected chi connectivity index (χ3v) is 6.35. The van der Waals surface area contributed by atoms with E-state index < -0.39 is 48.1 Å². The van der Waals surface area contributed by atoms with Crippen molar-refractivity contribution in [1.82, 2.24) is 16.0 Å². The van der Waals surface area contributed by atoms with Crippen LogP contribution in [0, 0.1) is 0 Å². The Bertz CT molecular complexity index is 1320. The second kappa shape index (κ2) is 15.8. The molecule has 0 aliphatic heterocycles. The number of nitrogens with one attached hydrogen (secondary N) is 3. The van der Waals surface area contributed by atoms with Gasteiger partial charge in [0.2, 0.25) is 11.8 Å².